The summed E-state index contributed by atoms with van der Waals surface area (Å²) in [4.78, 5) is 14.9. The number of nitrogens with zero attached hydrogens (tertiary/aromatic N) is 1. The molecule has 1 aromatic heterocycles. The smallest absolute Gasteiger partial charge is 0.308 e. The Morgan fingerprint density at radius 1 is 1.07 bits per heavy atom. The molecule has 29 heavy (non-hydrogen) atoms. The van der Waals surface area contributed by atoms with Crippen molar-refractivity contribution in [1.82, 2.24) is 4.90 Å². The number of anilines is 2. The van der Waals surface area contributed by atoms with E-state index in [1.807, 2.05) is 47.7 Å². The van der Waals surface area contributed by atoms with Gasteiger partial charge in [0.25, 0.3) is 0 Å². The highest BCUT2D eigenvalue weighted by atomic mass is 32.1. The molecule has 0 unspecified atom stereocenters. The van der Waals surface area contributed by atoms with Crippen LogP contribution in [0.1, 0.15) is 44.1 Å². The van der Waals surface area contributed by atoms with Crippen LogP contribution >= 0.6 is 11.3 Å². The molecule has 1 aliphatic heterocycles. The van der Waals surface area contributed by atoms with E-state index in [1.54, 1.807) is 0 Å². The van der Waals surface area contributed by atoms with Gasteiger partial charge in [0.2, 0.25) is 0 Å². The highest BCUT2D eigenvalue weighted by Gasteiger charge is 2.22. The van der Waals surface area contributed by atoms with E-state index in [2.05, 4.69) is 40.0 Å². The number of unbranched alkanes of at least 4 members (excludes halogenated alkanes) is 1. The summed E-state index contributed by atoms with van der Waals surface area (Å²) in [5, 5.41) is 9.47. The van der Waals surface area contributed by atoms with E-state index in [0.29, 0.717) is 5.92 Å². The summed E-state index contributed by atoms with van der Waals surface area (Å²) < 4.78 is 1.29. The third kappa shape index (κ3) is 4.98. The maximum absolute atomic E-state index is 12.3. The fourth-order valence-electron chi connectivity index (χ4n) is 4.11. The minimum absolute atomic E-state index is 0.212. The van der Waals surface area contributed by atoms with E-state index in [9.17, 15) is 4.79 Å². The van der Waals surface area contributed by atoms with E-state index in [0.717, 1.165) is 11.4 Å². The molecule has 3 aromatic rings. The Labute approximate surface area is 176 Å². The van der Waals surface area contributed by atoms with E-state index < -0.39 is 0 Å². The van der Waals surface area contributed by atoms with Gasteiger partial charge in [0.15, 0.2) is 0 Å². The molecule has 0 spiro atoms. The van der Waals surface area contributed by atoms with E-state index in [4.69, 9.17) is 0 Å². The molecule has 4 rings (SSSR count). The van der Waals surface area contributed by atoms with E-state index >= 15 is 0 Å². The summed E-state index contributed by atoms with van der Waals surface area (Å²) in [5.74, 6) is 0.620. The first-order valence-corrected chi connectivity index (χ1v) is 11.5. The van der Waals surface area contributed by atoms with Crippen molar-refractivity contribution in [3.8, 4) is 0 Å². The highest BCUT2D eigenvalue weighted by Crippen LogP contribution is 2.38. The first-order valence-electron chi connectivity index (χ1n) is 10.6. The Kier molecular flexibility index (Phi) is 6.47. The number of piperidine rings is 1. The van der Waals surface area contributed by atoms with Gasteiger partial charge >= 0.3 is 6.03 Å². The van der Waals surface area contributed by atoms with Crippen molar-refractivity contribution in [3.05, 3.63) is 59.5 Å². The van der Waals surface area contributed by atoms with Gasteiger partial charge in [-0.2, -0.15) is 0 Å². The number of fused-ring (bicyclic) bond motifs is 1. The van der Waals surface area contributed by atoms with Gasteiger partial charge in [-0.3, -0.25) is 0 Å². The van der Waals surface area contributed by atoms with Crippen LogP contribution < -0.4 is 10.6 Å². The molecule has 1 aliphatic rings. The van der Waals surface area contributed by atoms with Crippen LogP contribution in [-0.4, -0.2) is 30.6 Å². The number of carbonyl (C=O) groups excluding carboxylic acids is 1. The van der Waals surface area contributed by atoms with Crippen molar-refractivity contribution >= 4 is 38.8 Å². The Bertz CT molecular complexity index is 945. The van der Waals surface area contributed by atoms with Crippen LogP contribution in [0.25, 0.3) is 10.1 Å². The number of amides is 2. The lowest BCUT2D eigenvalue weighted by Crippen LogP contribution is -2.33. The van der Waals surface area contributed by atoms with Gasteiger partial charge in [0.1, 0.15) is 0 Å². The maximum atomic E-state index is 12.3. The van der Waals surface area contributed by atoms with Crippen molar-refractivity contribution in [2.24, 2.45) is 0 Å². The van der Waals surface area contributed by atoms with Gasteiger partial charge in [-0.15, -0.1) is 11.3 Å². The number of urea groups is 1. The molecular formula is C24H29N3OS. The molecule has 2 N–H and O–H groups in total. The lowest BCUT2D eigenvalue weighted by molar-refractivity contribution is 0.210. The number of para-hydroxylation sites is 1. The predicted molar refractivity (Wildman–Crippen MR) is 124 cm³/mol. The first-order chi connectivity index (χ1) is 14.2. The van der Waals surface area contributed by atoms with Gasteiger partial charge in [-0.25, -0.2) is 4.79 Å². The Morgan fingerprint density at radius 2 is 1.83 bits per heavy atom. The zero-order valence-corrected chi connectivity index (χ0v) is 17.8. The number of thiophene rings is 1. The largest absolute Gasteiger partial charge is 0.323 e. The Balaban J connectivity index is 1.43. The second-order valence-electron chi connectivity index (χ2n) is 7.82. The highest BCUT2D eigenvalue weighted by molar-refractivity contribution is 7.17. The molecule has 2 amide bonds. The van der Waals surface area contributed by atoms with Gasteiger partial charge in [-0.05, 0) is 91.5 Å². The monoisotopic (exact) mass is 407 g/mol. The zero-order chi connectivity index (χ0) is 20.1. The number of hydrogen-bond donors (Lipinski definition) is 2. The normalized spacial score (nSPS) is 15.5. The fraction of sp³-hybridized carbons (Fsp3) is 0.375. The van der Waals surface area contributed by atoms with Crippen LogP contribution in [0.4, 0.5) is 16.2 Å². The lowest BCUT2D eigenvalue weighted by Gasteiger charge is -2.32. The van der Waals surface area contributed by atoms with Gasteiger partial charge in [-0.1, -0.05) is 31.5 Å². The molecule has 2 aromatic carbocycles. The third-order valence-electron chi connectivity index (χ3n) is 5.75. The van der Waals surface area contributed by atoms with Crippen LogP contribution in [0.5, 0.6) is 0 Å². The summed E-state index contributed by atoms with van der Waals surface area (Å²) in [6.45, 7) is 5.88. The topological polar surface area (TPSA) is 44.4 Å². The lowest BCUT2D eigenvalue weighted by atomic mass is 9.89. The SMILES string of the molecule is CCCCN1CCC(c2csc3ccc(NC(=O)Nc4ccccc4)cc23)CC1. The second kappa shape index (κ2) is 9.42. The van der Waals surface area contributed by atoms with E-state index in [1.165, 1.54) is 61.0 Å². The summed E-state index contributed by atoms with van der Waals surface area (Å²) in [7, 11) is 0. The molecule has 152 valence electrons. The van der Waals surface area contributed by atoms with Crippen LogP contribution in [0, 0.1) is 0 Å². The van der Waals surface area contributed by atoms with Crippen LogP contribution in [0.15, 0.2) is 53.9 Å². The standard InChI is InChI=1S/C24H29N3OS/c1-2-3-13-27-14-11-18(12-15-27)22-17-29-23-10-9-20(16-21(22)23)26-24(28)25-19-7-5-4-6-8-19/h4-10,16-18H,2-3,11-15H2,1H3,(H2,25,26,28). The Hall–Kier alpha value is -2.37. The molecule has 0 atom stereocenters. The Morgan fingerprint density at radius 3 is 2.59 bits per heavy atom. The maximum Gasteiger partial charge on any atom is 0.323 e. The van der Waals surface area contributed by atoms with Crippen molar-refractivity contribution in [1.29, 1.82) is 0 Å². The van der Waals surface area contributed by atoms with Gasteiger partial charge in [0, 0.05) is 16.1 Å². The predicted octanol–water partition coefficient (Wildman–Crippen LogP) is 6.52. The quantitative estimate of drug-likeness (QED) is 0.488. The molecule has 1 fully saturated rings. The average molecular weight is 408 g/mol. The third-order valence-corrected chi connectivity index (χ3v) is 6.73. The summed E-state index contributed by atoms with van der Waals surface area (Å²) in [5.41, 5.74) is 3.08. The molecule has 0 bridgehead atoms. The van der Waals surface area contributed by atoms with Crippen LogP contribution in [0.2, 0.25) is 0 Å². The van der Waals surface area contributed by atoms with Crippen molar-refractivity contribution in [3.63, 3.8) is 0 Å². The molecule has 0 radical (unpaired) electrons. The minimum atomic E-state index is -0.212. The van der Waals surface area contributed by atoms with Crippen molar-refractivity contribution < 1.29 is 4.79 Å². The number of benzene rings is 2. The molecular weight excluding hydrogens is 378 g/mol. The van der Waals surface area contributed by atoms with Gasteiger partial charge < -0.3 is 15.5 Å². The molecule has 5 heteroatoms. The number of hydrogen-bond acceptors (Lipinski definition) is 3. The van der Waals surface area contributed by atoms with Crippen molar-refractivity contribution in [2.75, 3.05) is 30.3 Å². The summed E-state index contributed by atoms with van der Waals surface area (Å²) in [6, 6.07) is 15.5. The zero-order valence-electron chi connectivity index (χ0n) is 17.0. The van der Waals surface area contributed by atoms with Crippen molar-refractivity contribution in [2.45, 2.75) is 38.5 Å². The number of nitrogens with one attached hydrogen (secondary N) is 2. The summed E-state index contributed by atoms with van der Waals surface area (Å²) in [6.07, 6.45) is 5.01. The number of carbonyl (C=O) groups is 1. The molecule has 4 nitrogen and oxygen atoms in total. The number of rotatable bonds is 6. The molecule has 0 saturated carbocycles. The second-order valence-corrected chi connectivity index (χ2v) is 8.73. The van der Waals surface area contributed by atoms with Gasteiger partial charge in [0.05, 0.1) is 0 Å². The average Bonchev–Trinajstić information content (AvgIpc) is 3.16. The molecule has 0 aliphatic carbocycles. The van der Waals surface area contributed by atoms with Crippen LogP contribution in [-0.2, 0) is 0 Å². The molecule has 2 heterocycles. The summed E-state index contributed by atoms with van der Waals surface area (Å²) >= 11 is 1.81. The van der Waals surface area contributed by atoms with E-state index in [-0.39, 0.29) is 6.03 Å². The van der Waals surface area contributed by atoms with Crippen LogP contribution in [0.3, 0.4) is 0 Å². The minimum Gasteiger partial charge on any atom is -0.308 e. The number of likely N-dealkylation sites (tertiary alicyclic amines) is 1. The molecule has 1 saturated heterocycles. The fourth-order valence-corrected chi connectivity index (χ4v) is 5.13. The first kappa shape index (κ1) is 19.9.